The van der Waals surface area contributed by atoms with E-state index in [1.807, 2.05) is 0 Å². The number of nitrogens with zero attached hydrogens (tertiary/aromatic N) is 1. The molecule has 0 bridgehead atoms. The minimum atomic E-state index is -0.691. The quantitative estimate of drug-likeness (QED) is 0.900. The van der Waals surface area contributed by atoms with Crippen LogP contribution < -0.4 is 0 Å². The van der Waals surface area contributed by atoms with Gasteiger partial charge in [-0.15, -0.1) is 0 Å². The number of halogens is 1. The third-order valence-electron chi connectivity index (χ3n) is 3.77. The summed E-state index contributed by atoms with van der Waals surface area (Å²) >= 11 is 3.52. The number of carboxylic acids is 1. The van der Waals surface area contributed by atoms with Gasteiger partial charge in [-0.1, -0.05) is 28.1 Å². The Morgan fingerprint density at radius 1 is 1.37 bits per heavy atom. The van der Waals surface area contributed by atoms with Crippen molar-refractivity contribution in [2.24, 2.45) is 0 Å². The first-order valence-electron chi connectivity index (χ1n) is 6.85. The lowest BCUT2D eigenvalue weighted by molar-refractivity contribution is -0.137. The van der Waals surface area contributed by atoms with Gasteiger partial charge in [0.2, 0.25) is 0 Å². The van der Waals surface area contributed by atoms with Crippen LogP contribution in [0.2, 0.25) is 0 Å². The largest absolute Gasteiger partial charge is 0.481 e. The van der Waals surface area contributed by atoms with Crippen LogP contribution in [-0.2, 0) is 4.79 Å². The summed E-state index contributed by atoms with van der Waals surface area (Å²) in [7, 11) is 0. The number of likely N-dealkylation sites (tertiary alicyclic amines) is 1. The van der Waals surface area contributed by atoms with E-state index in [4.69, 9.17) is 5.11 Å². The summed E-state index contributed by atoms with van der Waals surface area (Å²) in [4.78, 5) is 12.9. The summed E-state index contributed by atoms with van der Waals surface area (Å²) < 4.78 is 1.15. The maximum atomic E-state index is 10.5. The molecule has 1 aromatic carbocycles. The van der Waals surface area contributed by atoms with Crippen LogP contribution in [-0.4, -0.2) is 35.6 Å². The fraction of sp³-hybridized carbons (Fsp3) is 0.533. The van der Waals surface area contributed by atoms with E-state index < -0.39 is 5.97 Å². The number of benzene rings is 1. The lowest BCUT2D eigenvalue weighted by Gasteiger charge is -2.32. The highest BCUT2D eigenvalue weighted by atomic mass is 79.9. The Morgan fingerprint density at radius 3 is 2.74 bits per heavy atom. The van der Waals surface area contributed by atoms with Crippen LogP contribution in [0.4, 0.5) is 0 Å². The van der Waals surface area contributed by atoms with E-state index in [2.05, 4.69) is 45.1 Å². The van der Waals surface area contributed by atoms with Gasteiger partial charge in [0, 0.05) is 10.9 Å². The molecule has 1 aromatic rings. The van der Waals surface area contributed by atoms with E-state index in [9.17, 15) is 4.79 Å². The number of aliphatic carboxylic acids is 1. The van der Waals surface area contributed by atoms with Gasteiger partial charge in [-0.25, -0.2) is 0 Å². The summed E-state index contributed by atoms with van der Waals surface area (Å²) in [5.74, 6) is -0.0442. The summed E-state index contributed by atoms with van der Waals surface area (Å²) in [5.41, 5.74) is 1.42. The standard InChI is InChI=1S/C15H20BrNO2/c16-14-4-1-3-13(11-14)12-6-9-17(10-7-12)8-2-5-15(18)19/h1,3-4,11-12H,2,5-10H2,(H,18,19). The molecule has 1 saturated heterocycles. The molecule has 2 rings (SSSR count). The second kappa shape index (κ2) is 7.06. The fourth-order valence-electron chi connectivity index (χ4n) is 2.70. The summed E-state index contributed by atoms with van der Waals surface area (Å²) in [6.45, 7) is 3.07. The minimum absolute atomic E-state index is 0.283. The highest BCUT2D eigenvalue weighted by Crippen LogP contribution is 2.29. The van der Waals surface area contributed by atoms with Crippen LogP contribution in [0.25, 0.3) is 0 Å². The minimum Gasteiger partial charge on any atom is -0.481 e. The number of hydrogen-bond donors (Lipinski definition) is 1. The second-order valence-electron chi connectivity index (χ2n) is 5.17. The van der Waals surface area contributed by atoms with Crippen LogP contribution in [0, 0.1) is 0 Å². The van der Waals surface area contributed by atoms with Crippen molar-refractivity contribution in [2.75, 3.05) is 19.6 Å². The molecule has 1 aliphatic rings. The molecule has 0 saturated carbocycles. The van der Waals surface area contributed by atoms with Crippen molar-refractivity contribution >= 4 is 21.9 Å². The molecule has 0 aromatic heterocycles. The lowest BCUT2D eigenvalue weighted by atomic mass is 9.89. The molecule has 0 radical (unpaired) electrons. The molecule has 3 nitrogen and oxygen atoms in total. The number of hydrogen-bond acceptors (Lipinski definition) is 2. The second-order valence-corrected chi connectivity index (χ2v) is 6.08. The van der Waals surface area contributed by atoms with E-state index in [0.29, 0.717) is 5.92 Å². The average molecular weight is 326 g/mol. The molecule has 1 N–H and O–H groups in total. The van der Waals surface area contributed by atoms with Gasteiger partial charge in [-0.05, 0) is 62.5 Å². The van der Waals surface area contributed by atoms with Crippen molar-refractivity contribution in [3.8, 4) is 0 Å². The van der Waals surface area contributed by atoms with Crippen LogP contribution in [0.15, 0.2) is 28.7 Å². The van der Waals surface area contributed by atoms with Crippen molar-refractivity contribution in [1.29, 1.82) is 0 Å². The molecule has 1 aliphatic heterocycles. The Bertz CT molecular complexity index is 428. The van der Waals surface area contributed by atoms with Crippen molar-refractivity contribution in [3.05, 3.63) is 34.3 Å². The molecule has 0 aliphatic carbocycles. The molecule has 19 heavy (non-hydrogen) atoms. The number of carbonyl (C=O) groups is 1. The third-order valence-corrected chi connectivity index (χ3v) is 4.27. The first-order chi connectivity index (χ1) is 9.15. The number of carboxylic acid groups (broad SMARTS) is 1. The van der Waals surface area contributed by atoms with E-state index in [-0.39, 0.29) is 6.42 Å². The van der Waals surface area contributed by atoms with E-state index in [1.54, 1.807) is 0 Å². The molecule has 0 unspecified atom stereocenters. The molecular weight excluding hydrogens is 306 g/mol. The Labute approximate surface area is 122 Å². The van der Waals surface area contributed by atoms with Crippen LogP contribution in [0.5, 0.6) is 0 Å². The van der Waals surface area contributed by atoms with Gasteiger partial charge in [-0.3, -0.25) is 4.79 Å². The van der Waals surface area contributed by atoms with Crippen LogP contribution in [0.1, 0.15) is 37.2 Å². The predicted molar refractivity (Wildman–Crippen MR) is 79.4 cm³/mol. The molecule has 0 amide bonds. The molecule has 0 spiro atoms. The monoisotopic (exact) mass is 325 g/mol. The maximum Gasteiger partial charge on any atom is 0.303 e. The molecule has 1 heterocycles. The van der Waals surface area contributed by atoms with E-state index in [0.717, 1.165) is 30.5 Å². The SMILES string of the molecule is O=C(O)CCCN1CCC(c2cccc(Br)c2)CC1. The van der Waals surface area contributed by atoms with E-state index >= 15 is 0 Å². The van der Waals surface area contributed by atoms with Gasteiger partial charge in [0.15, 0.2) is 0 Å². The lowest BCUT2D eigenvalue weighted by Crippen LogP contribution is -2.33. The highest BCUT2D eigenvalue weighted by Gasteiger charge is 2.20. The summed E-state index contributed by atoms with van der Waals surface area (Å²) in [6, 6.07) is 8.57. The maximum absolute atomic E-state index is 10.5. The molecule has 0 atom stereocenters. The first-order valence-corrected chi connectivity index (χ1v) is 7.64. The molecule has 4 heteroatoms. The molecule has 1 fully saturated rings. The Kier molecular flexibility index (Phi) is 5.40. The van der Waals surface area contributed by atoms with Gasteiger partial charge in [-0.2, -0.15) is 0 Å². The Morgan fingerprint density at radius 2 is 2.11 bits per heavy atom. The van der Waals surface area contributed by atoms with Gasteiger partial charge in [0.1, 0.15) is 0 Å². The van der Waals surface area contributed by atoms with Crippen LogP contribution >= 0.6 is 15.9 Å². The van der Waals surface area contributed by atoms with Gasteiger partial charge >= 0.3 is 5.97 Å². The highest BCUT2D eigenvalue weighted by molar-refractivity contribution is 9.10. The molecule has 104 valence electrons. The first kappa shape index (κ1) is 14.5. The topological polar surface area (TPSA) is 40.5 Å². The van der Waals surface area contributed by atoms with Crippen molar-refractivity contribution in [2.45, 2.75) is 31.6 Å². The zero-order chi connectivity index (χ0) is 13.7. The van der Waals surface area contributed by atoms with Crippen molar-refractivity contribution < 1.29 is 9.90 Å². The van der Waals surface area contributed by atoms with Gasteiger partial charge in [0.25, 0.3) is 0 Å². The van der Waals surface area contributed by atoms with Crippen molar-refractivity contribution in [3.63, 3.8) is 0 Å². The number of piperidine rings is 1. The summed E-state index contributed by atoms with van der Waals surface area (Å²) in [5, 5.41) is 8.64. The predicted octanol–water partition coefficient (Wildman–Crippen LogP) is 3.49. The Balaban J connectivity index is 1.77. The Hall–Kier alpha value is -0.870. The van der Waals surface area contributed by atoms with Crippen molar-refractivity contribution in [1.82, 2.24) is 4.90 Å². The zero-order valence-corrected chi connectivity index (χ0v) is 12.6. The van der Waals surface area contributed by atoms with E-state index in [1.165, 1.54) is 18.4 Å². The smallest absolute Gasteiger partial charge is 0.303 e. The number of rotatable bonds is 5. The molecular formula is C15H20BrNO2. The average Bonchev–Trinajstić information content (AvgIpc) is 2.39. The van der Waals surface area contributed by atoms with Gasteiger partial charge < -0.3 is 10.0 Å². The zero-order valence-electron chi connectivity index (χ0n) is 11.0. The van der Waals surface area contributed by atoms with Crippen LogP contribution in [0.3, 0.4) is 0 Å². The summed E-state index contributed by atoms with van der Waals surface area (Å²) in [6.07, 6.45) is 3.38. The van der Waals surface area contributed by atoms with Gasteiger partial charge in [0.05, 0.1) is 0 Å². The fourth-order valence-corrected chi connectivity index (χ4v) is 3.12. The normalized spacial score (nSPS) is 17.5. The third kappa shape index (κ3) is 4.62.